The highest BCUT2D eigenvalue weighted by atomic mass is 19.1. The normalized spacial score (nSPS) is 15.7. The van der Waals surface area contributed by atoms with Crippen molar-refractivity contribution >= 4 is 12.0 Å². The molecular weight excluding hydrogens is 322 g/mol. The van der Waals surface area contributed by atoms with Gasteiger partial charge < -0.3 is 9.80 Å². The molecule has 130 valence electrons. The van der Waals surface area contributed by atoms with Gasteiger partial charge in [-0.1, -0.05) is 42.5 Å². The minimum Gasteiger partial charge on any atom is -0.329 e. The second-order valence-electron chi connectivity index (χ2n) is 6.16. The topological polar surface area (TPSA) is 24.8 Å². The van der Waals surface area contributed by atoms with Crippen LogP contribution in [-0.4, -0.2) is 43.5 Å². The first-order valence-corrected chi connectivity index (χ1v) is 8.43. The number of hydrogen-bond donors (Lipinski definition) is 1. The van der Waals surface area contributed by atoms with Crippen LogP contribution in [0.4, 0.5) is 8.78 Å². The minimum absolute atomic E-state index is 0.449. The van der Waals surface area contributed by atoms with Gasteiger partial charge in [-0.2, -0.15) is 0 Å². The van der Waals surface area contributed by atoms with Crippen molar-refractivity contribution in [2.45, 2.75) is 0 Å². The Hall–Kier alpha value is -2.53. The Kier molecular flexibility index (Phi) is 5.56. The van der Waals surface area contributed by atoms with Crippen LogP contribution < -0.4 is 4.90 Å². The lowest BCUT2D eigenvalue weighted by Crippen LogP contribution is -3.14. The molecule has 25 heavy (non-hydrogen) atoms. The number of carbonyl (C=O) groups is 1. The average Bonchev–Trinajstić information content (AvgIpc) is 2.63. The molecule has 0 aliphatic carbocycles. The Morgan fingerprint density at radius 3 is 2.28 bits per heavy atom. The Labute approximate surface area is 146 Å². The third-order valence-electron chi connectivity index (χ3n) is 4.45. The van der Waals surface area contributed by atoms with Gasteiger partial charge in [0.2, 0.25) is 0 Å². The molecule has 1 saturated heterocycles. The third kappa shape index (κ3) is 4.31. The van der Waals surface area contributed by atoms with Gasteiger partial charge in [0.25, 0.3) is 5.91 Å². The van der Waals surface area contributed by atoms with Gasteiger partial charge in [-0.05, 0) is 23.8 Å². The molecule has 0 atom stereocenters. The second kappa shape index (κ2) is 8.03. The molecular formula is C20H21F2N2O+. The van der Waals surface area contributed by atoms with Crippen molar-refractivity contribution in [3.05, 3.63) is 77.4 Å². The summed E-state index contributed by atoms with van der Waals surface area (Å²) in [5.74, 6) is -2.16. The molecule has 1 aliphatic rings. The minimum atomic E-state index is -0.800. The molecule has 0 bridgehead atoms. The van der Waals surface area contributed by atoms with Crippen LogP contribution in [-0.2, 0) is 0 Å². The zero-order valence-corrected chi connectivity index (χ0v) is 13.9. The molecule has 2 aromatic carbocycles. The zero-order valence-electron chi connectivity index (χ0n) is 13.9. The van der Waals surface area contributed by atoms with Crippen LogP contribution in [0.1, 0.15) is 15.9 Å². The molecule has 5 heteroatoms. The fourth-order valence-corrected chi connectivity index (χ4v) is 3.02. The Morgan fingerprint density at radius 1 is 1.00 bits per heavy atom. The van der Waals surface area contributed by atoms with Crippen LogP contribution in [0.15, 0.2) is 54.6 Å². The van der Waals surface area contributed by atoms with Gasteiger partial charge in [0.1, 0.15) is 17.2 Å². The smallest absolute Gasteiger partial charge is 0.260 e. The van der Waals surface area contributed by atoms with Crippen LogP contribution in [0.5, 0.6) is 0 Å². The lowest BCUT2D eigenvalue weighted by molar-refractivity contribution is -0.898. The quantitative estimate of drug-likeness (QED) is 0.903. The van der Waals surface area contributed by atoms with Crippen LogP contribution >= 0.6 is 0 Å². The van der Waals surface area contributed by atoms with E-state index in [1.165, 1.54) is 15.9 Å². The number of hydrogen-bond acceptors (Lipinski definition) is 1. The highest BCUT2D eigenvalue weighted by Gasteiger charge is 2.27. The molecule has 1 heterocycles. The predicted octanol–water partition coefficient (Wildman–Crippen LogP) is 2.02. The Balaban J connectivity index is 1.53. The monoisotopic (exact) mass is 343 g/mol. The number of piperazine rings is 1. The second-order valence-corrected chi connectivity index (χ2v) is 6.16. The third-order valence-corrected chi connectivity index (χ3v) is 4.45. The predicted molar refractivity (Wildman–Crippen MR) is 93.3 cm³/mol. The van der Waals surface area contributed by atoms with Crippen LogP contribution in [0.2, 0.25) is 0 Å². The molecule has 1 amide bonds. The summed E-state index contributed by atoms with van der Waals surface area (Å²) in [5, 5.41) is 0. The fraction of sp³-hybridized carbons (Fsp3) is 0.250. The molecule has 3 nitrogen and oxygen atoms in total. The van der Waals surface area contributed by atoms with Crippen molar-refractivity contribution in [3.8, 4) is 0 Å². The highest BCUT2D eigenvalue weighted by molar-refractivity contribution is 5.94. The first-order valence-electron chi connectivity index (χ1n) is 8.43. The van der Waals surface area contributed by atoms with E-state index >= 15 is 0 Å². The van der Waals surface area contributed by atoms with E-state index in [9.17, 15) is 13.6 Å². The number of rotatable bonds is 4. The van der Waals surface area contributed by atoms with Crippen molar-refractivity contribution in [2.24, 2.45) is 0 Å². The number of quaternary nitrogens is 1. The van der Waals surface area contributed by atoms with E-state index < -0.39 is 23.1 Å². The first kappa shape index (κ1) is 17.3. The Bertz CT molecular complexity index is 733. The maximum atomic E-state index is 13.8. The van der Waals surface area contributed by atoms with E-state index in [1.807, 2.05) is 30.3 Å². The van der Waals surface area contributed by atoms with E-state index in [0.29, 0.717) is 13.1 Å². The molecule has 0 saturated carbocycles. The number of carbonyl (C=O) groups excluding carboxylic acids is 1. The highest BCUT2D eigenvalue weighted by Crippen LogP contribution is 2.14. The standard InChI is InChI=1S/C20H20F2N2O/c21-17-9-4-10-18(22)19(17)20(25)24-14-12-23(13-15-24)11-5-8-16-6-2-1-3-7-16/h1-10H,11-15H2/p+1/b8-5+. The summed E-state index contributed by atoms with van der Waals surface area (Å²) in [6, 6.07) is 13.6. The van der Waals surface area contributed by atoms with Crippen LogP contribution in [0, 0.1) is 11.6 Å². The summed E-state index contributed by atoms with van der Waals surface area (Å²) in [5.41, 5.74) is 0.709. The summed E-state index contributed by atoms with van der Waals surface area (Å²) >= 11 is 0. The zero-order chi connectivity index (χ0) is 17.6. The van der Waals surface area contributed by atoms with Crippen molar-refractivity contribution in [3.63, 3.8) is 0 Å². The lowest BCUT2D eigenvalue weighted by Gasteiger charge is -2.31. The molecule has 2 aromatic rings. The van der Waals surface area contributed by atoms with Crippen molar-refractivity contribution in [2.75, 3.05) is 32.7 Å². The Morgan fingerprint density at radius 2 is 1.64 bits per heavy atom. The van der Waals surface area contributed by atoms with Crippen molar-refractivity contribution in [1.29, 1.82) is 0 Å². The van der Waals surface area contributed by atoms with Gasteiger partial charge in [0, 0.05) is 0 Å². The molecule has 0 aromatic heterocycles. The van der Waals surface area contributed by atoms with Gasteiger partial charge in [-0.25, -0.2) is 8.78 Å². The van der Waals surface area contributed by atoms with Gasteiger partial charge in [0.15, 0.2) is 0 Å². The van der Waals surface area contributed by atoms with Crippen LogP contribution in [0.25, 0.3) is 6.08 Å². The molecule has 0 spiro atoms. The molecule has 1 fully saturated rings. The molecule has 3 rings (SSSR count). The van der Waals surface area contributed by atoms with Gasteiger partial charge >= 0.3 is 0 Å². The molecule has 0 radical (unpaired) electrons. The van der Waals surface area contributed by atoms with Gasteiger partial charge in [-0.15, -0.1) is 0 Å². The summed E-state index contributed by atoms with van der Waals surface area (Å²) in [6.07, 6.45) is 4.21. The first-order chi connectivity index (χ1) is 12.1. The van der Waals surface area contributed by atoms with Crippen LogP contribution in [0.3, 0.4) is 0 Å². The van der Waals surface area contributed by atoms with E-state index in [-0.39, 0.29) is 0 Å². The SMILES string of the molecule is O=C(c1c(F)cccc1F)N1CC[NH+](C/C=C/c2ccccc2)CC1. The summed E-state index contributed by atoms with van der Waals surface area (Å²) in [6.45, 7) is 3.40. The van der Waals surface area contributed by atoms with Crippen molar-refractivity contribution < 1.29 is 18.5 Å². The lowest BCUT2D eigenvalue weighted by atomic mass is 10.1. The molecule has 0 unspecified atom stereocenters. The molecule has 1 N–H and O–H groups in total. The van der Waals surface area contributed by atoms with E-state index in [0.717, 1.165) is 37.3 Å². The van der Waals surface area contributed by atoms with E-state index in [2.05, 4.69) is 12.2 Å². The van der Waals surface area contributed by atoms with E-state index in [1.54, 1.807) is 0 Å². The number of benzene rings is 2. The summed E-state index contributed by atoms with van der Waals surface area (Å²) in [4.78, 5) is 15.3. The van der Waals surface area contributed by atoms with Crippen molar-refractivity contribution in [1.82, 2.24) is 4.90 Å². The van der Waals surface area contributed by atoms with E-state index in [4.69, 9.17) is 0 Å². The summed E-state index contributed by atoms with van der Waals surface area (Å²) in [7, 11) is 0. The number of nitrogens with zero attached hydrogens (tertiary/aromatic N) is 1. The number of amides is 1. The maximum Gasteiger partial charge on any atom is 0.260 e. The number of halogens is 2. The fourth-order valence-electron chi connectivity index (χ4n) is 3.02. The largest absolute Gasteiger partial charge is 0.329 e. The molecule has 1 aliphatic heterocycles. The average molecular weight is 343 g/mol. The number of nitrogens with one attached hydrogen (secondary N) is 1. The summed E-state index contributed by atoms with van der Waals surface area (Å²) < 4.78 is 27.5. The van der Waals surface area contributed by atoms with Gasteiger partial charge in [-0.3, -0.25) is 4.79 Å². The maximum absolute atomic E-state index is 13.8. The van der Waals surface area contributed by atoms with Gasteiger partial charge in [0.05, 0.1) is 32.7 Å².